The van der Waals surface area contributed by atoms with Gasteiger partial charge in [0, 0.05) is 43.1 Å². The van der Waals surface area contributed by atoms with Crippen LogP contribution in [0, 0.1) is 18.8 Å². The zero-order valence-electron chi connectivity index (χ0n) is 22.5. The number of piperidine rings is 1. The molecule has 4 atom stereocenters. The smallest absolute Gasteiger partial charge is 0.404 e. The maximum absolute atomic E-state index is 13.5. The van der Waals surface area contributed by atoms with Crippen LogP contribution in [0.25, 0.3) is 0 Å². The number of hydrogen-bond donors (Lipinski definition) is 4. The lowest BCUT2D eigenvalue weighted by Gasteiger charge is -2.44. The Kier molecular flexibility index (Phi) is 9.28. The first-order valence-electron chi connectivity index (χ1n) is 13.8. The van der Waals surface area contributed by atoms with Gasteiger partial charge in [-0.25, -0.2) is 4.79 Å². The summed E-state index contributed by atoms with van der Waals surface area (Å²) in [6.45, 7) is 3.39. The largest absolute Gasteiger partial charge is 0.465 e. The average Bonchev–Trinajstić information content (AvgIpc) is 3.42. The van der Waals surface area contributed by atoms with Gasteiger partial charge in [-0.3, -0.25) is 4.79 Å². The molecule has 0 spiro atoms. The fourth-order valence-corrected chi connectivity index (χ4v) is 6.11. The number of likely N-dealkylation sites (tertiary alicyclic amines) is 1. The number of nitrogens with one attached hydrogen (secondary N) is 2. The molecule has 8 nitrogen and oxygen atoms in total. The highest BCUT2D eigenvalue weighted by molar-refractivity contribution is 5.79. The second kappa shape index (κ2) is 12.6. The highest BCUT2D eigenvalue weighted by atomic mass is 16.5. The van der Waals surface area contributed by atoms with Gasteiger partial charge in [0.2, 0.25) is 5.91 Å². The first-order valence-corrected chi connectivity index (χ1v) is 13.8. The predicted octanol–water partition coefficient (Wildman–Crippen LogP) is 4.65. The number of rotatable bonds is 10. The van der Waals surface area contributed by atoms with Crippen molar-refractivity contribution in [1.82, 2.24) is 15.5 Å². The van der Waals surface area contributed by atoms with E-state index in [1.807, 2.05) is 67.4 Å². The second-order valence-electron chi connectivity index (χ2n) is 10.7. The van der Waals surface area contributed by atoms with Gasteiger partial charge < -0.3 is 30.5 Å². The lowest BCUT2D eigenvalue weighted by Crippen LogP contribution is -2.49. The van der Waals surface area contributed by atoms with Crippen LogP contribution in [0.3, 0.4) is 0 Å². The number of aliphatic hydroxyl groups is 1. The number of amides is 2. The Morgan fingerprint density at radius 3 is 2.53 bits per heavy atom. The van der Waals surface area contributed by atoms with E-state index in [-0.39, 0.29) is 24.3 Å². The molecule has 2 fully saturated rings. The summed E-state index contributed by atoms with van der Waals surface area (Å²) in [5.41, 5.74) is 0.373. The molecule has 1 aliphatic carbocycles. The standard InChI is InChI=1S/C30H41N3O5/c1-21-9-3-5-12-26(21)38-27-13-6-4-11-25(27)30(37,16-8-17-32-29(35)36)23-10-7-18-33(20-23)28(34)22-14-15-24(19-22)31-2/h3-6,9,11-13,22-24,31-32,37H,7-8,10,14-20H2,1-2H3,(H,35,36)/t22-,23?,24+,30?/m1/s1. The monoisotopic (exact) mass is 523 g/mol. The molecule has 1 heterocycles. The van der Waals surface area contributed by atoms with Crippen molar-refractivity contribution in [2.24, 2.45) is 11.8 Å². The summed E-state index contributed by atoms with van der Waals surface area (Å²) in [7, 11) is 1.95. The van der Waals surface area contributed by atoms with E-state index in [4.69, 9.17) is 9.84 Å². The van der Waals surface area contributed by atoms with Crippen LogP contribution in [-0.4, -0.2) is 59.8 Å². The fourth-order valence-electron chi connectivity index (χ4n) is 6.11. The van der Waals surface area contributed by atoms with Crippen molar-refractivity contribution in [2.45, 2.75) is 63.5 Å². The molecule has 2 unspecified atom stereocenters. The van der Waals surface area contributed by atoms with Gasteiger partial charge in [0.15, 0.2) is 0 Å². The van der Waals surface area contributed by atoms with E-state index in [9.17, 15) is 14.7 Å². The number of para-hydroxylation sites is 2. The third kappa shape index (κ3) is 6.48. The molecule has 1 aliphatic heterocycles. The number of carboxylic acid groups (broad SMARTS) is 1. The van der Waals surface area contributed by atoms with Gasteiger partial charge in [0.05, 0.1) is 5.60 Å². The summed E-state index contributed by atoms with van der Waals surface area (Å²) < 4.78 is 6.34. The van der Waals surface area contributed by atoms with Crippen LogP contribution in [0.2, 0.25) is 0 Å². The Morgan fingerprint density at radius 2 is 1.82 bits per heavy atom. The zero-order valence-corrected chi connectivity index (χ0v) is 22.5. The van der Waals surface area contributed by atoms with Crippen molar-refractivity contribution in [2.75, 3.05) is 26.7 Å². The van der Waals surface area contributed by atoms with Crippen LogP contribution in [0.15, 0.2) is 48.5 Å². The van der Waals surface area contributed by atoms with Crippen LogP contribution in [0.1, 0.15) is 56.1 Å². The Hall–Kier alpha value is -3.10. The maximum Gasteiger partial charge on any atom is 0.404 e. The van der Waals surface area contributed by atoms with E-state index in [0.29, 0.717) is 43.3 Å². The van der Waals surface area contributed by atoms with Gasteiger partial charge in [-0.1, -0.05) is 36.4 Å². The Labute approximate surface area is 225 Å². The van der Waals surface area contributed by atoms with Crippen LogP contribution < -0.4 is 15.4 Å². The van der Waals surface area contributed by atoms with Crippen LogP contribution >= 0.6 is 0 Å². The van der Waals surface area contributed by atoms with Crippen molar-refractivity contribution in [3.63, 3.8) is 0 Å². The van der Waals surface area contributed by atoms with E-state index in [2.05, 4.69) is 10.6 Å². The van der Waals surface area contributed by atoms with Crippen molar-refractivity contribution in [3.05, 3.63) is 59.7 Å². The van der Waals surface area contributed by atoms with Gasteiger partial charge in [0.25, 0.3) is 0 Å². The Morgan fingerprint density at radius 1 is 1.08 bits per heavy atom. The minimum atomic E-state index is -1.29. The molecule has 2 amide bonds. The number of aryl methyl sites for hydroxylation is 1. The normalized spacial score (nSPS) is 23.0. The van der Waals surface area contributed by atoms with Gasteiger partial charge in [0.1, 0.15) is 11.5 Å². The van der Waals surface area contributed by atoms with E-state index in [0.717, 1.165) is 43.4 Å². The number of hydrogen-bond acceptors (Lipinski definition) is 5. The third-order valence-corrected chi connectivity index (χ3v) is 8.28. The highest BCUT2D eigenvalue weighted by Gasteiger charge is 2.44. The molecular weight excluding hydrogens is 482 g/mol. The summed E-state index contributed by atoms with van der Waals surface area (Å²) in [6, 6.07) is 15.7. The third-order valence-electron chi connectivity index (χ3n) is 8.28. The number of benzene rings is 2. The Bertz CT molecular complexity index is 1110. The van der Waals surface area contributed by atoms with Crippen molar-refractivity contribution >= 4 is 12.0 Å². The minimum absolute atomic E-state index is 0.0238. The van der Waals surface area contributed by atoms with Crippen LogP contribution in [0.4, 0.5) is 4.79 Å². The minimum Gasteiger partial charge on any atom is -0.465 e. The van der Waals surface area contributed by atoms with Crippen molar-refractivity contribution < 1.29 is 24.5 Å². The molecule has 2 aromatic carbocycles. The van der Waals surface area contributed by atoms with Gasteiger partial charge in [-0.15, -0.1) is 0 Å². The van der Waals surface area contributed by atoms with Crippen molar-refractivity contribution in [1.29, 1.82) is 0 Å². The summed E-state index contributed by atoms with van der Waals surface area (Å²) in [5.74, 6) is 1.30. The number of carbonyl (C=O) groups is 2. The molecule has 1 saturated carbocycles. The summed E-state index contributed by atoms with van der Waals surface area (Å²) in [4.78, 5) is 26.4. The maximum atomic E-state index is 13.5. The number of nitrogens with zero attached hydrogens (tertiary/aromatic N) is 1. The van der Waals surface area contributed by atoms with E-state index in [1.54, 1.807) is 0 Å². The molecule has 206 valence electrons. The first-order chi connectivity index (χ1) is 18.3. The van der Waals surface area contributed by atoms with Crippen LogP contribution in [0.5, 0.6) is 11.5 Å². The molecule has 0 aromatic heterocycles. The predicted molar refractivity (Wildman–Crippen MR) is 146 cm³/mol. The zero-order chi connectivity index (χ0) is 27.1. The first kappa shape index (κ1) is 27.9. The second-order valence-corrected chi connectivity index (χ2v) is 10.7. The van der Waals surface area contributed by atoms with E-state index in [1.165, 1.54) is 0 Å². The lowest BCUT2D eigenvalue weighted by molar-refractivity contribution is -0.141. The SMILES string of the molecule is CN[C@H]1CC[C@@H](C(=O)N2CCCC(C(O)(CCCNC(=O)O)c3ccccc3Oc3ccccc3C)C2)C1. The lowest BCUT2D eigenvalue weighted by atomic mass is 9.73. The molecule has 4 N–H and O–H groups in total. The topological polar surface area (TPSA) is 111 Å². The molecule has 4 rings (SSSR count). The molecule has 38 heavy (non-hydrogen) atoms. The van der Waals surface area contributed by atoms with Gasteiger partial charge in [-0.05, 0) is 76.6 Å². The Balaban J connectivity index is 1.60. The fraction of sp³-hybridized carbons (Fsp3) is 0.533. The summed E-state index contributed by atoms with van der Waals surface area (Å²) >= 11 is 0. The van der Waals surface area contributed by atoms with Crippen LogP contribution in [-0.2, 0) is 10.4 Å². The van der Waals surface area contributed by atoms with Gasteiger partial charge >= 0.3 is 6.09 Å². The molecule has 0 radical (unpaired) electrons. The molecule has 2 aliphatic rings. The number of ether oxygens (including phenoxy) is 1. The summed E-state index contributed by atoms with van der Waals surface area (Å²) in [6.07, 6.45) is 4.07. The molecular formula is C30H41N3O5. The van der Waals surface area contributed by atoms with Gasteiger partial charge in [-0.2, -0.15) is 0 Å². The molecule has 8 heteroatoms. The van der Waals surface area contributed by atoms with E-state index >= 15 is 0 Å². The quantitative estimate of drug-likeness (QED) is 0.338. The molecule has 0 bridgehead atoms. The molecule has 2 aromatic rings. The van der Waals surface area contributed by atoms with E-state index < -0.39 is 11.7 Å². The number of carbonyl (C=O) groups excluding carboxylic acids is 1. The molecule has 1 saturated heterocycles. The van der Waals surface area contributed by atoms with Crippen molar-refractivity contribution in [3.8, 4) is 11.5 Å². The highest BCUT2D eigenvalue weighted by Crippen LogP contribution is 2.44. The average molecular weight is 524 g/mol. The summed E-state index contributed by atoms with van der Waals surface area (Å²) in [5, 5.41) is 27.2.